The Morgan fingerprint density at radius 2 is 1.70 bits per heavy atom. The first-order valence-corrected chi connectivity index (χ1v) is 9.17. The molecule has 3 nitrogen and oxygen atoms in total. The topological polar surface area (TPSA) is 20.0 Å². The fourth-order valence-electron chi connectivity index (χ4n) is 3.32. The Kier molecular flexibility index (Phi) is 5.85. The van der Waals surface area contributed by atoms with Crippen LogP contribution in [0.1, 0.15) is 27.8 Å². The second kappa shape index (κ2) is 8.13. The average molecular weight is 376 g/mol. The van der Waals surface area contributed by atoms with Gasteiger partial charge in [0.15, 0.2) is 0 Å². The van der Waals surface area contributed by atoms with Crippen molar-refractivity contribution in [2.45, 2.75) is 26.6 Å². The van der Waals surface area contributed by atoms with E-state index in [1.165, 1.54) is 33.7 Å². The van der Waals surface area contributed by atoms with Gasteiger partial charge in [-0.15, -0.1) is 0 Å². The van der Waals surface area contributed by atoms with E-state index in [-0.39, 0.29) is 0 Å². The summed E-state index contributed by atoms with van der Waals surface area (Å²) >= 11 is 0. The Morgan fingerprint density at radius 1 is 1.04 bits per heavy atom. The first-order valence-electron chi connectivity index (χ1n) is 9.17. The first-order chi connectivity index (χ1) is 12.8. The molecule has 1 fully saturated rings. The van der Waals surface area contributed by atoms with E-state index in [0.717, 1.165) is 44.9 Å². The number of hydrogen-bond acceptors (Lipinski definition) is 2. The van der Waals surface area contributed by atoms with Crippen molar-refractivity contribution >= 4 is 6.21 Å². The van der Waals surface area contributed by atoms with E-state index in [1.54, 1.807) is 6.21 Å². The maximum atomic E-state index is 12.6. The zero-order chi connectivity index (χ0) is 19.4. The Morgan fingerprint density at radius 3 is 2.30 bits per heavy atom. The van der Waals surface area contributed by atoms with Crippen molar-refractivity contribution in [2.75, 3.05) is 26.2 Å². The molecular weight excluding hydrogens is 351 g/mol. The van der Waals surface area contributed by atoms with E-state index in [4.69, 9.17) is 0 Å². The van der Waals surface area contributed by atoms with Gasteiger partial charge in [0.2, 0.25) is 0 Å². The minimum atomic E-state index is -4.30. The average Bonchev–Trinajstić information content (AvgIpc) is 2.63. The fraction of sp³-hybridized carbons (Fsp3) is 0.381. The maximum absolute atomic E-state index is 12.6. The van der Waals surface area contributed by atoms with Gasteiger partial charge < -0.3 is 4.90 Å². The minimum absolute atomic E-state index is 0.636. The quantitative estimate of drug-likeness (QED) is 0.813. The number of aryl methyl sites for hydroxylation is 2. The molecule has 0 bridgehead atoms. The maximum Gasteiger partial charge on any atom is 0.416 e. The summed E-state index contributed by atoms with van der Waals surface area (Å²) in [6, 6.07) is 11.7. The van der Waals surface area contributed by atoms with Gasteiger partial charge in [-0.1, -0.05) is 35.9 Å². The highest BCUT2D eigenvalue weighted by Crippen LogP contribution is 2.28. The highest BCUT2D eigenvalue weighted by molar-refractivity contribution is 5.79. The number of alkyl halides is 3. The van der Waals surface area contributed by atoms with Crippen molar-refractivity contribution in [1.29, 1.82) is 0 Å². The third-order valence-corrected chi connectivity index (χ3v) is 4.99. The van der Waals surface area contributed by atoms with Crippen LogP contribution >= 0.6 is 0 Å². The van der Waals surface area contributed by atoms with E-state index in [2.05, 4.69) is 37.1 Å². The van der Waals surface area contributed by atoms with E-state index in [1.807, 2.05) is 5.01 Å². The number of nitrogens with one attached hydrogen (secondary N) is 1. The van der Waals surface area contributed by atoms with Crippen LogP contribution < -0.4 is 4.90 Å². The molecule has 2 aromatic rings. The summed E-state index contributed by atoms with van der Waals surface area (Å²) in [7, 11) is 0. The molecule has 0 radical (unpaired) electrons. The molecule has 2 aromatic carbocycles. The van der Waals surface area contributed by atoms with Crippen molar-refractivity contribution in [3.05, 3.63) is 70.3 Å². The van der Waals surface area contributed by atoms with Crippen LogP contribution in [0.4, 0.5) is 13.2 Å². The van der Waals surface area contributed by atoms with Gasteiger partial charge in [-0.05, 0) is 37.1 Å². The minimum Gasteiger partial charge on any atom is -0.328 e. The number of hydrazone groups is 1. The molecule has 1 N–H and O–H groups in total. The zero-order valence-electron chi connectivity index (χ0n) is 15.7. The third-order valence-electron chi connectivity index (χ3n) is 4.99. The van der Waals surface area contributed by atoms with Gasteiger partial charge >= 0.3 is 6.18 Å². The standard InChI is InChI=1S/C21H24F3N3/c1-16-3-6-19(17(2)13-16)15-26-9-11-27(12-10-26)25-14-18-4-7-20(8-5-18)21(22,23)24/h3-8,13-14H,9-12,15H2,1-2H3/p+1. The van der Waals surface area contributed by atoms with Gasteiger partial charge in [-0.3, -0.25) is 5.01 Å². The highest BCUT2D eigenvalue weighted by Gasteiger charge is 2.29. The number of quaternary nitrogens is 1. The predicted molar refractivity (Wildman–Crippen MR) is 101 cm³/mol. The lowest BCUT2D eigenvalue weighted by molar-refractivity contribution is -0.918. The molecule has 0 amide bonds. The number of piperazine rings is 1. The molecule has 1 aliphatic heterocycles. The zero-order valence-corrected chi connectivity index (χ0v) is 15.7. The molecule has 1 saturated heterocycles. The van der Waals surface area contributed by atoms with Gasteiger partial charge in [0.25, 0.3) is 0 Å². The summed E-state index contributed by atoms with van der Waals surface area (Å²) in [6.45, 7) is 8.97. The number of halogens is 3. The second-order valence-electron chi connectivity index (χ2n) is 7.17. The van der Waals surface area contributed by atoms with Gasteiger partial charge in [0.1, 0.15) is 6.54 Å². The van der Waals surface area contributed by atoms with Crippen LogP contribution in [0.25, 0.3) is 0 Å². The summed E-state index contributed by atoms with van der Waals surface area (Å²) < 4.78 is 37.8. The summed E-state index contributed by atoms with van der Waals surface area (Å²) in [6.07, 6.45) is -2.67. The van der Waals surface area contributed by atoms with Crippen molar-refractivity contribution < 1.29 is 18.1 Å². The lowest BCUT2D eigenvalue weighted by Crippen LogP contribution is -3.13. The van der Waals surface area contributed by atoms with E-state index in [9.17, 15) is 13.2 Å². The lowest BCUT2D eigenvalue weighted by atomic mass is 10.1. The summed E-state index contributed by atoms with van der Waals surface area (Å²) in [5.41, 5.74) is 4.05. The van der Waals surface area contributed by atoms with Crippen molar-refractivity contribution in [3.63, 3.8) is 0 Å². The Hall–Kier alpha value is -2.34. The molecule has 144 valence electrons. The lowest BCUT2D eigenvalue weighted by Gasteiger charge is -2.30. The van der Waals surface area contributed by atoms with Crippen LogP contribution in [0.2, 0.25) is 0 Å². The number of hydrogen-bond donors (Lipinski definition) is 1. The summed E-state index contributed by atoms with van der Waals surface area (Å²) in [5.74, 6) is 0. The van der Waals surface area contributed by atoms with Crippen molar-refractivity contribution in [1.82, 2.24) is 5.01 Å². The van der Waals surface area contributed by atoms with Crippen LogP contribution in [-0.2, 0) is 12.7 Å². The summed E-state index contributed by atoms with van der Waals surface area (Å²) in [4.78, 5) is 1.53. The molecule has 0 spiro atoms. The fourth-order valence-corrected chi connectivity index (χ4v) is 3.32. The molecule has 1 aliphatic rings. The van der Waals surface area contributed by atoms with Crippen LogP contribution in [0, 0.1) is 13.8 Å². The Labute approximate surface area is 158 Å². The van der Waals surface area contributed by atoms with Crippen LogP contribution in [0.5, 0.6) is 0 Å². The third kappa shape index (κ3) is 5.32. The molecule has 27 heavy (non-hydrogen) atoms. The second-order valence-corrected chi connectivity index (χ2v) is 7.17. The van der Waals surface area contributed by atoms with E-state index in [0.29, 0.717) is 5.56 Å². The van der Waals surface area contributed by atoms with E-state index >= 15 is 0 Å². The van der Waals surface area contributed by atoms with Gasteiger partial charge in [0, 0.05) is 5.56 Å². The normalized spacial score (nSPS) is 16.3. The predicted octanol–water partition coefficient (Wildman–Crippen LogP) is 3.06. The van der Waals surface area contributed by atoms with Crippen LogP contribution in [0.15, 0.2) is 47.6 Å². The summed E-state index contributed by atoms with van der Waals surface area (Å²) in [5, 5.41) is 6.42. The van der Waals surface area contributed by atoms with Gasteiger partial charge in [-0.25, -0.2) is 0 Å². The molecule has 1 heterocycles. The van der Waals surface area contributed by atoms with Gasteiger partial charge in [0.05, 0.1) is 38.0 Å². The van der Waals surface area contributed by atoms with Crippen molar-refractivity contribution in [2.24, 2.45) is 5.10 Å². The largest absolute Gasteiger partial charge is 0.416 e. The first kappa shape index (κ1) is 19.4. The Bertz CT molecular complexity index is 789. The van der Waals surface area contributed by atoms with Crippen LogP contribution in [0.3, 0.4) is 0 Å². The van der Waals surface area contributed by atoms with Crippen molar-refractivity contribution in [3.8, 4) is 0 Å². The van der Waals surface area contributed by atoms with Gasteiger partial charge in [-0.2, -0.15) is 18.3 Å². The molecule has 0 aromatic heterocycles. The monoisotopic (exact) mass is 376 g/mol. The molecule has 0 saturated carbocycles. The molecule has 0 aliphatic carbocycles. The highest BCUT2D eigenvalue weighted by atomic mass is 19.4. The van der Waals surface area contributed by atoms with Crippen LogP contribution in [-0.4, -0.2) is 37.4 Å². The molecule has 0 unspecified atom stereocenters. The SMILES string of the molecule is Cc1ccc(C[NH+]2CCN(N=Cc3ccc(C(F)(F)F)cc3)CC2)c(C)c1. The smallest absolute Gasteiger partial charge is 0.328 e. The molecule has 3 rings (SSSR count). The number of rotatable bonds is 4. The molecular formula is C21H25F3N3+. The Balaban J connectivity index is 1.51. The number of nitrogens with zero attached hydrogens (tertiary/aromatic N) is 2. The van der Waals surface area contributed by atoms with E-state index < -0.39 is 11.7 Å². The number of benzene rings is 2. The molecule has 6 heteroatoms. The molecule has 0 atom stereocenters.